The Hall–Kier alpha value is -1.34. The van der Waals surface area contributed by atoms with E-state index in [1.54, 1.807) is 22.2 Å². The number of aromatic nitrogens is 2. The monoisotopic (exact) mass is 354 g/mol. The van der Waals surface area contributed by atoms with Gasteiger partial charge in [0.25, 0.3) is 0 Å². The third-order valence-electron chi connectivity index (χ3n) is 2.97. The first-order valence-corrected chi connectivity index (χ1v) is 8.15. The number of carbonyl (C=O) groups excluding carboxylic acids is 1. The normalized spacial score (nSPS) is 14.2. The number of nitrogens with one attached hydrogen (secondary N) is 2. The molecule has 0 atom stereocenters. The van der Waals surface area contributed by atoms with Gasteiger partial charge in [0.15, 0.2) is 0 Å². The number of anilines is 1. The summed E-state index contributed by atoms with van der Waals surface area (Å²) in [5, 5.41) is 12.5. The van der Waals surface area contributed by atoms with Crippen molar-refractivity contribution in [2.45, 2.75) is 32.0 Å². The van der Waals surface area contributed by atoms with Crippen LogP contribution in [0, 0.1) is 0 Å². The number of nitrogens with zero attached hydrogens (tertiary/aromatic N) is 2. The highest BCUT2D eigenvalue weighted by Crippen LogP contribution is 2.21. The summed E-state index contributed by atoms with van der Waals surface area (Å²) in [6.45, 7) is 1.04. The molecule has 1 aliphatic carbocycles. The van der Waals surface area contributed by atoms with Gasteiger partial charge < -0.3 is 10.6 Å². The van der Waals surface area contributed by atoms with Crippen molar-refractivity contribution in [3.8, 4) is 0 Å². The van der Waals surface area contributed by atoms with E-state index in [0.717, 1.165) is 29.5 Å². The van der Waals surface area contributed by atoms with E-state index in [-0.39, 0.29) is 12.5 Å². The molecular formula is C13H15BrN4OS. The highest BCUT2D eigenvalue weighted by atomic mass is 79.9. The van der Waals surface area contributed by atoms with Crippen LogP contribution in [-0.2, 0) is 17.9 Å². The first-order chi connectivity index (χ1) is 9.69. The SMILES string of the molecule is O=C(Cn1cc(NCc2cc(Br)cs2)cn1)NC1CC1. The molecular weight excluding hydrogens is 340 g/mol. The average Bonchev–Trinajstić information content (AvgIpc) is 2.94. The summed E-state index contributed by atoms with van der Waals surface area (Å²) in [6.07, 6.45) is 5.81. The third kappa shape index (κ3) is 3.83. The summed E-state index contributed by atoms with van der Waals surface area (Å²) >= 11 is 5.14. The standard InChI is InChI=1S/C13H15BrN4OS/c14-9-3-12(20-8-9)5-15-11-4-16-18(6-11)7-13(19)17-10-1-2-10/h3-4,6,8,10,15H,1-2,5,7H2,(H,17,19). The minimum Gasteiger partial charge on any atom is -0.378 e. The molecule has 20 heavy (non-hydrogen) atoms. The largest absolute Gasteiger partial charge is 0.378 e. The third-order valence-corrected chi connectivity index (χ3v) is 4.67. The Morgan fingerprint density at radius 2 is 2.40 bits per heavy atom. The fourth-order valence-corrected chi connectivity index (χ4v) is 3.22. The molecule has 3 rings (SSSR count). The summed E-state index contributed by atoms with van der Waals surface area (Å²) in [6, 6.07) is 2.48. The minimum atomic E-state index is 0.0318. The van der Waals surface area contributed by atoms with Gasteiger partial charge in [0, 0.05) is 33.5 Å². The molecule has 1 amide bonds. The molecule has 7 heteroatoms. The summed E-state index contributed by atoms with van der Waals surface area (Å²) < 4.78 is 2.76. The molecule has 0 spiro atoms. The second kappa shape index (κ2) is 5.97. The van der Waals surface area contributed by atoms with E-state index in [9.17, 15) is 4.79 Å². The maximum absolute atomic E-state index is 11.7. The average molecular weight is 355 g/mol. The molecule has 0 saturated heterocycles. The lowest BCUT2D eigenvalue weighted by atomic mass is 10.4. The van der Waals surface area contributed by atoms with Crippen LogP contribution in [0.4, 0.5) is 5.69 Å². The van der Waals surface area contributed by atoms with Crippen LogP contribution >= 0.6 is 27.3 Å². The van der Waals surface area contributed by atoms with E-state index >= 15 is 0 Å². The van der Waals surface area contributed by atoms with Crippen molar-refractivity contribution in [1.29, 1.82) is 0 Å². The van der Waals surface area contributed by atoms with Gasteiger partial charge in [-0.1, -0.05) is 0 Å². The van der Waals surface area contributed by atoms with Gasteiger partial charge in [0.1, 0.15) is 6.54 Å². The maximum atomic E-state index is 11.7. The Kier molecular flexibility index (Phi) is 4.07. The number of hydrogen-bond acceptors (Lipinski definition) is 4. The minimum absolute atomic E-state index is 0.0318. The number of rotatable bonds is 6. The summed E-state index contributed by atoms with van der Waals surface area (Å²) in [4.78, 5) is 12.9. The lowest BCUT2D eigenvalue weighted by Crippen LogP contribution is -2.29. The van der Waals surface area contributed by atoms with Crippen LogP contribution in [0.25, 0.3) is 0 Å². The number of hydrogen-bond donors (Lipinski definition) is 2. The van der Waals surface area contributed by atoms with Crippen molar-refractivity contribution in [3.63, 3.8) is 0 Å². The number of thiophene rings is 1. The van der Waals surface area contributed by atoms with Gasteiger partial charge >= 0.3 is 0 Å². The van der Waals surface area contributed by atoms with Crippen LogP contribution in [0.1, 0.15) is 17.7 Å². The van der Waals surface area contributed by atoms with Crippen molar-refractivity contribution >= 4 is 38.9 Å². The summed E-state index contributed by atoms with van der Waals surface area (Å²) in [7, 11) is 0. The molecule has 0 bridgehead atoms. The van der Waals surface area contributed by atoms with Crippen LogP contribution in [-0.4, -0.2) is 21.7 Å². The van der Waals surface area contributed by atoms with Crippen molar-refractivity contribution in [3.05, 3.63) is 33.2 Å². The van der Waals surface area contributed by atoms with Crippen LogP contribution in [0.3, 0.4) is 0 Å². The van der Waals surface area contributed by atoms with E-state index in [1.165, 1.54) is 4.88 Å². The Balaban J connectivity index is 1.49. The predicted molar refractivity (Wildman–Crippen MR) is 82.7 cm³/mol. The topological polar surface area (TPSA) is 59.0 Å². The van der Waals surface area contributed by atoms with Crippen LogP contribution < -0.4 is 10.6 Å². The van der Waals surface area contributed by atoms with E-state index in [0.29, 0.717) is 6.04 Å². The van der Waals surface area contributed by atoms with Gasteiger partial charge in [0.2, 0.25) is 5.91 Å². The maximum Gasteiger partial charge on any atom is 0.241 e. The molecule has 0 aromatic carbocycles. The smallest absolute Gasteiger partial charge is 0.241 e. The highest BCUT2D eigenvalue weighted by Gasteiger charge is 2.23. The Labute approximate surface area is 129 Å². The quantitative estimate of drug-likeness (QED) is 0.838. The zero-order valence-corrected chi connectivity index (χ0v) is 13.2. The zero-order valence-electron chi connectivity index (χ0n) is 10.8. The molecule has 1 fully saturated rings. The van der Waals surface area contributed by atoms with Gasteiger partial charge in [-0.3, -0.25) is 9.48 Å². The molecule has 2 aromatic rings. The second-order valence-electron chi connectivity index (χ2n) is 4.85. The lowest BCUT2D eigenvalue weighted by molar-refractivity contribution is -0.122. The van der Waals surface area contributed by atoms with Gasteiger partial charge in [-0.2, -0.15) is 5.10 Å². The van der Waals surface area contributed by atoms with Crippen molar-refractivity contribution in [2.75, 3.05) is 5.32 Å². The van der Waals surface area contributed by atoms with Gasteiger partial charge in [-0.25, -0.2) is 0 Å². The van der Waals surface area contributed by atoms with Gasteiger partial charge in [-0.05, 0) is 34.8 Å². The fraction of sp³-hybridized carbons (Fsp3) is 0.385. The second-order valence-corrected chi connectivity index (χ2v) is 6.76. The van der Waals surface area contributed by atoms with E-state index in [2.05, 4.69) is 43.1 Å². The van der Waals surface area contributed by atoms with E-state index < -0.39 is 0 Å². The highest BCUT2D eigenvalue weighted by molar-refractivity contribution is 9.10. The molecule has 0 radical (unpaired) electrons. The molecule has 0 aliphatic heterocycles. The summed E-state index contributed by atoms with van der Waals surface area (Å²) in [5.41, 5.74) is 0.925. The number of halogens is 1. The molecule has 1 aliphatic rings. The zero-order chi connectivity index (χ0) is 13.9. The first-order valence-electron chi connectivity index (χ1n) is 6.47. The molecule has 2 N–H and O–H groups in total. The van der Waals surface area contributed by atoms with Crippen molar-refractivity contribution in [1.82, 2.24) is 15.1 Å². The lowest BCUT2D eigenvalue weighted by Gasteiger charge is -2.03. The summed E-state index contributed by atoms with van der Waals surface area (Å²) in [5.74, 6) is 0.0318. The molecule has 1 saturated carbocycles. The predicted octanol–water partition coefficient (Wildman–Crippen LogP) is 2.60. The molecule has 2 aromatic heterocycles. The Morgan fingerprint density at radius 1 is 1.55 bits per heavy atom. The van der Waals surface area contributed by atoms with Crippen LogP contribution in [0.15, 0.2) is 28.3 Å². The Morgan fingerprint density at radius 3 is 3.10 bits per heavy atom. The number of amides is 1. The van der Waals surface area contributed by atoms with Crippen LogP contribution in [0.2, 0.25) is 0 Å². The van der Waals surface area contributed by atoms with Crippen molar-refractivity contribution < 1.29 is 4.79 Å². The van der Waals surface area contributed by atoms with E-state index in [4.69, 9.17) is 0 Å². The molecule has 0 unspecified atom stereocenters. The van der Waals surface area contributed by atoms with Gasteiger partial charge in [0.05, 0.1) is 11.9 Å². The van der Waals surface area contributed by atoms with Crippen LogP contribution in [0.5, 0.6) is 0 Å². The van der Waals surface area contributed by atoms with Gasteiger partial charge in [-0.15, -0.1) is 11.3 Å². The fourth-order valence-electron chi connectivity index (χ4n) is 1.83. The molecule has 106 valence electrons. The molecule has 2 heterocycles. The van der Waals surface area contributed by atoms with Crippen molar-refractivity contribution in [2.24, 2.45) is 0 Å². The molecule has 5 nitrogen and oxygen atoms in total. The Bertz CT molecular complexity index is 605. The first kappa shape index (κ1) is 13.6. The number of carbonyl (C=O) groups is 1. The van der Waals surface area contributed by atoms with E-state index in [1.807, 2.05) is 6.20 Å².